The number of aromatic nitrogens is 2. The van der Waals surface area contributed by atoms with Crippen LogP contribution >= 0.6 is 0 Å². The highest BCUT2D eigenvalue weighted by atomic mass is 16.5. The largest absolute Gasteiger partial charge is 0.489 e. The van der Waals surface area contributed by atoms with Gasteiger partial charge >= 0.3 is 0 Å². The van der Waals surface area contributed by atoms with Crippen LogP contribution in [0.2, 0.25) is 0 Å². The summed E-state index contributed by atoms with van der Waals surface area (Å²) in [5, 5.41) is 7.56. The Bertz CT molecular complexity index is 587. The van der Waals surface area contributed by atoms with Crippen LogP contribution in [0.1, 0.15) is 22.4 Å². The molecule has 1 aromatic carbocycles. The van der Waals surface area contributed by atoms with Crippen LogP contribution in [0.3, 0.4) is 0 Å². The number of aryl methyl sites for hydroxylation is 4. The van der Waals surface area contributed by atoms with Gasteiger partial charge in [-0.1, -0.05) is 6.07 Å². The highest BCUT2D eigenvalue weighted by molar-refractivity contribution is 5.47. The van der Waals surface area contributed by atoms with Crippen molar-refractivity contribution in [2.75, 3.05) is 12.4 Å². The van der Waals surface area contributed by atoms with Gasteiger partial charge in [-0.2, -0.15) is 5.10 Å². The molecular formula is C15H21N3O. The number of benzene rings is 1. The second-order valence-electron chi connectivity index (χ2n) is 4.82. The second kappa shape index (κ2) is 5.34. The van der Waals surface area contributed by atoms with E-state index in [2.05, 4.69) is 36.4 Å². The smallest absolute Gasteiger partial charge is 0.130 e. The third kappa shape index (κ3) is 2.72. The molecule has 0 saturated carbocycles. The van der Waals surface area contributed by atoms with E-state index >= 15 is 0 Å². The Morgan fingerprint density at radius 1 is 1.21 bits per heavy atom. The van der Waals surface area contributed by atoms with Crippen molar-refractivity contribution < 1.29 is 4.74 Å². The van der Waals surface area contributed by atoms with Crippen molar-refractivity contribution in [2.45, 2.75) is 27.4 Å². The zero-order valence-corrected chi connectivity index (χ0v) is 12.2. The first-order valence-corrected chi connectivity index (χ1v) is 6.43. The van der Waals surface area contributed by atoms with Gasteiger partial charge in [0.05, 0.1) is 11.3 Å². The second-order valence-corrected chi connectivity index (χ2v) is 4.82. The number of anilines is 1. The standard InChI is InChI=1S/C15H21N3O/c1-10-6-7-13(8-11(10)2)19-9-14-12(3)17-18(5)15(14)16-4/h6-8,16H,9H2,1-5H3. The first-order valence-electron chi connectivity index (χ1n) is 6.43. The maximum absolute atomic E-state index is 5.87. The van der Waals surface area contributed by atoms with Crippen molar-refractivity contribution in [3.8, 4) is 5.75 Å². The van der Waals surface area contributed by atoms with Crippen LogP contribution in [0.15, 0.2) is 18.2 Å². The minimum atomic E-state index is 0.526. The molecule has 1 aromatic heterocycles. The Morgan fingerprint density at radius 2 is 1.95 bits per heavy atom. The van der Waals surface area contributed by atoms with E-state index in [1.165, 1.54) is 11.1 Å². The minimum Gasteiger partial charge on any atom is -0.489 e. The van der Waals surface area contributed by atoms with E-state index in [0.717, 1.165) is 22.8 Å². The molecule has 0 aliphatic rings. The molecule has 0 amide bonds. The lowest BCUT2D eigenvalue weighted by Gasteiger charge is -2.10. The monoisotopic (exact) mass is 259 g/mol. The topological polar surface area (TPSA) is 39.1 Å². The highest BCUT2D eigenvalue weighted by Gasteiger charge is 2.12. The molecule has 4 nitrogen and oxygen atoms in total. The Morgan fingerprint density at radius 3 is 2.58 bits per heavy atom. The van der Waals surface area contributed by atoms with Gasteiger partial charge in [-0.3, -0.25) is 4.68 Å². The molecule has 0 aliphatic carbocycles. The summed E-state index contributed by atoms with van der Waals surface area (Å²) < 4.78 is 7.71. The lowest BCUT2D eigenvalue weighted by Crippen LogP contribution is -2.03. The van der Waals surface area contributed by atoms with E-state index in [4.69, 9.17) is 4.74 Å². The van der Waals surface area contributed by atoms with E-state index in [-0.39, 0.29) is 0 Å². The molecule has 2 aromatic rings. The number of hydrogen-bond acceptors (Lipinski definition) is 3. The Hall–Kier alpha value is -1.97. The van der Waals surface area contributed by atoms with Gasteiger partial charge in [0.2, 0.25) is 0 Å². The first-order chi connectivity index (χ1) is 9.02. The molecular weight excluding hydrogens is 238 g/mol. The normalized spacial score (nSPS) is 10.6. The number of ether oxygens (including phenoxy) is 1. The van der Waals surface area contributed by atoms with Crippen molar-refractivity contribution in [3.05, 3.63) is 40.6 Å². The quantitative estimate of drug-likeness (QED) is 0.917. The van der Waals surface area contributed by atoms with Crippen LogP contribution in [0.5, 0.6) is 5.75 Å². The first kappa shape index (κ1) is 13.5. The van der Waals surface area contributed by atoms with Gasteiger partial charge < -0.3 is 10.1 Å². The van der Waals surface area contributed by atoms with E-state index in [0.29, 0.717) is 6.61 Å². The minimum absolute atomic E-state index is 0.526. The zero-order chi connectivity index (χ0) is 14.0. The van der Waals surface area contributed by atoms with Crippen LogP contribution < -0.4 is 10.1 Å². The van der Waals surface area contributed by atoms with Gasteiger partial charge in [-0.05, 0) is 44.0 Å². The molecule has 0 fully saturated rings. The maximum Gasteiger partial charge on any atom is 0.130 e. The number of nitrogens with zero attached hydrogens (tertiary/aromatic N) is 2. The van der Waals surface area contributed by atoms with Crippen molar-refractivity contribution >= 4 is 5.82 Å². The molecule has 0 aliphatic heterocycles. The zero-order valence-electron chi connectivity index (χ0n) is 12.2. The van der Waals surface area contributed by atoms with Gasteiger partial charge in [0.1, 0.15) is 18.2 Å². The number of hydrogen-bond donors (Lipinski definition) is 1. The van der Waals surface area contributed by atoms with Crippen molar-refractivity contribution in [1.29, 1.82) is 0 Å². The van der Waals surface area contributed by atoms with Crippen LogP contribution in [-0.2, 0) is 13.7 Å². The lowest BCUT2D eigenvalue weighted by molar-refractivity contribution is 0.306. The predicted octanol–water partition coefficient (Wildman–Crippen LogP) is 2.97. The summed E-state index contributed by atoms with van der Waals surface area (Å²) in [6.45, 7) is 6.72. The third-order valence-electron chi connectivity index (χ3n) is 3.44. The molecule has 2 rings (SSSR count). The molecule has 102 valence electrons. The summed E-state index contributed by atoms with van der Waals surface area (Å²) >= 11 is 0. The summed E-state index contributed by atoms with van der Waals surface area (Å²) in [7, 11) is 3.83. The van der Waals surface area contributed by atoms with Crippen molar-refractivity contribution in [2.24, 2.45) is 7.05 Å². The Kier molecular flexibility index (Phi) is 3.79. The molecule has 1 heterocycles. The lowest BCUT2D eigenvalue weighted by atomic mass is 10.1. The average Bonchev–Trinajstić information content (AvgIpc) is 2.64. The SMILES string of the molecule is CNc1c(COc2ccc(C)c(C)c2)c(C)nn1C. The average molecular weight is 259 g/mol. The fourth-order valence-electron chi connectivity index (χ4n) is 2.15. The van der Waals surface area contributed by atoms with Gasteiger partial charge in [0, 0.05) is 14.1 Å². The molecule has 0 spiro atoms. The number of nitrogens with one attached hydrogen (secondary N) is 1. The molecule has 0 unspecified atom stereocenters. The Balaban J connectivity index is 2.16. The van der Waals surface area contributed by atoms with Crippen LogP contribution in [0.25, 0.3) is 0 Å². The van der Waals surface area contributed by atoms with Crippen LogP contribution in [-0.4, -0.2) is 16.8 Å². The Labute approximate surface area is 114 Å². The van der Waals surface area contributed by atoms with Gasteiger partial charge in [0.15, 0.2) is 0 Å². The predicted molar refractivity (Wildman–Crippen MR) is 77.7 cm³/mol. The fraction of sp³-hybridized carbons (Fsp3) is 0.400. The molecule has 0 bridgehead atoms. The van der Waals surface area contributed by atoms with E-state index in [1.54, 1.807) is 0 Å². The van der Waals surface area contributed by atoms with Crippen molar-refractivity contribution in [1.82, 2.24) is 9.78 Å². The highest BCUT2D eigenvalue weighted by Crippen LogP contribution is 2.22. The molecule has 0 radical (unpaired) electrons. The van der Waals surface area contributed by atoms with Gasteiger partial charge in [-0.15, -0.1) is 0 Å². The summed E-state index contributed by atoms with van der Waals surface area (Å²) in [6, 6.07) is 6.16. The summed E-state index contributed by atoms with van der Waals surface area (Å²) in [5.41, 5.74) is 4.62. The fourth-order valence-corrected chi connectivity index (χ4v) is 2.15. The molecule has 19 heavy (non-hydrogen) atoms. The van der Waals surface area contributed by atoms with E-state index < -0.39 is 0 Å². The third-order valence-corrected chi connectivity index (χ3v) is 3.44. The van der Waals surface area contributed by atoms with E-state index in [1.807, 2.05) is 31.8 Å². The molecule has 1 N–H and O–H groups in total. The molecule has 0 saturated heterocycles. The summed E-state index contributed by atoms with van der Waals surface area (Å²) in [6.07, 6.45) is 0. The molecule has 0 atom stereocenters. The van der Waals surface area contributed by atoms with E-state index in [9.17, 15) is 0 Å². The summed E-state index contributed by atoms with van der Waals surface area (Å²) in [5.74, 6) is 1.90. The number of rotatable bonds is 4. The van der Waals surface area contributed by atoms with Crippen LogP contribution in [0.4, 0.5) is 5.82 Å². The molecule has 4 heteroatoms. The van der Waals surface area contributed by atoms with Gasteiger partial charge in [-0.25, -0.2) is 0 Å². The van der Waals surface area contributed by atoms with Gasteiger partial charge in [0.25, 0.3) is 0 Å². The van der Waals surface area contributed by atoms with Crippen molar-refractivity contribution in [3.63, 3.8) is 0 Å². The van der Waals surface area contributed by atoms with Crippen LogP contribution in [0, 0.1) is 20.8 Å². The summed E-state index contributed by atoms with van der Waals surface area (Å²) in [4.78, 5) is 0. The maximum atomic E-state index is 5.87.